The first-order valence-electron chi connectivity index (χ1n) is 6.98. The van der Waals surface area contributed by atoms with Gasteiger partial charge in [-0.2, -0.15) is 0 Å². The fourth-order valence-corrected chi connectivity index (χ4v) is 1.44. The highest BCUT2D eigenvalue weighted by molar-refractivity contribution is 5.66. The van der Waals surface area contributed by atoms with E-state index >= 15 is 0 Å². The van der Waals surface area contributed by atoms with Crippen LogP contribution in [0.15, 0.2) is 0 Å². The molecule has 0 unspecified atom stereocenters. The second kappa shape index (κ2) is 17.8. The molecule has 0 bridgehead atoms. The summed E-state index contributed by atoms with van der Waals surface area (Å²) in [4.78, 5) is 10.1. The maximum absolute atomic E-state index is 10.1. The van der Waals surface area contributed by atoms with E-state index in [9.17, 15) is 4.79 Å². The Bertz CT molecular complexity index is 144. The summed E-state index contributed by atoms with van der Waals surface area (Å²) in [5.74, 6) is -0.663. The van der Waals surface area contributed by atoms with Gasteiger partial charge in [-0.25, -0.2) is 0 Å². The van der Waals surface area contributed by atoms with Gasteiger partial charge in [-0.15, -0.1) is 0 Å². The van der Waals surface area contributed by atoms with Crippen LogP contribution in [-0.2, 0) is 9.53 Å². The molecule has 0 heterocycles. The van der Waals surface area contributed by atoms with Crippen molar-refractivity contribution in [3.05, 3.63) is 0 Å². The van der Waals surface area contributed by atoms with Crippen molar-refractivity contribution in [3.63, 3.8) is 0 Å². The van der Waals surface area contributed by atoms with Gasteiger partial charge in [0.1, 0.15) is 0 Å². The third-order valence-corrected chi connectivity index (χ3v) is 2.40. The molecule has 0 radical (unpaired) electrons. The van der Waals surface area contributed by atoms with E-state index in [1.165, 1.54) is 32.1 Å². The second-order valence-corrected chi connectivity index (χ2v) is 4.05. The summed E-state index contributed by atoms with van der Waals surface area (Å²) in [7, 11) is 0. The SMILES string of the molecule is CCCCCCCCCC(=O)O.CCOCC. The van der Waals surface area contributed by atoms with Gasteiger partial charge >= 0.3 is 5.97 Å². The van der Waals surface area contributed by atoms with E-state index in [-0.39, 0.29) is 0 Å². The molecule has 0 aromatic heterocycles. The molecule has 1 N–H and O–H groups in total. The Labute approximate surface area is 107 Å². The molecule has 0 amide bonds. The highest BCUT2D eigenvalue weighted by Crippen LogP contribution is 2.07. The maximum atomic E-state index is 10.1. The number of carboxylic acids is 1. The molecule has 104 valence electrons. The monoisotopic (exact) mass is 246 g/mol. The van der Waals surface area contributed by atoms with E-state index < -0.39 is 5.97 Å². The predicted molar refractivity (Wildman–Crippen MR) is 72.4 cm³/mol. The van der Waals surface area contributed by atoms with Crippen LogP contribution < -0.4 is 0 Å². The zero-order valence-corrected chi connectivity index (χ0v) is 11.8. The molecule has 0 saturated heterocycles. The van der Waals surface area contributed by atoms with Crippen LogP contribution in [0.25, 0.3) is 0 Å². The average Bonchev–Trinajstić information content (AvgIpc) is 2.29. The van der Waals surface area contributed by atoms with Gasteiger partial charge in [0.05, 0.1) is 0 Å². The van der Waals surface area contributed by atoms with Crippen molar-refractivity contribution in [3.8, 4) is 0 Å². The quantitative estimate of drug-likeness (QED) is 0.586. The summed E-state index contributed by atoms with van der Waals surface area (Å²) in [6.45, 7) is 7.87. The molecule has 3 heteroatoms. The van der Waals surface area contributed by atoms with Gasteiger partial charge in [-0.3, -0.25) is 4.79 Å². The van der Waals surface area contributed by atoms with Crippen LogP contribution in [0.2, 0.25) is 0 Å². The van der Waals surface area contributed by atoms with E-state index in [2.05, 4.69) is 6.92 Å². The molecule has 0 aliphatic carbocycles. The summed E-state index contributed by atoms with van der Waals surface area (Å²) >= 11 is 0. The minimum atomic E-state index is -0.663. The number of carboxylic acid groups (broad SMARTS) is 1. The largest absolute Gasteiger partial charge is 0.481 e. The van der Waals surface area contributed by atoms with Gasteiger partial charge in [0.2, 0.25) is 0 Å². The fraction of sp³-hybridized carbons (Fsp3) is 0.929. The Balaban J connectivity index is 0. The van der Waals surface area contributed by atoms with E-state index in [0.717, 1.165) is 26.1 Å². The van der Waals surface area contributed by atoms with Crippen LogP contribution in [0.1, 0.15) is 72.1 Å². The molecule has 3 nitrogen and oxygen atoms in total. The van der Waals surface area contributed by atoms with Gasteiger partial charge in [-0.05, 0) is 20.3 Å². The third-order valence-electron chi connectivity index (χ3n) is 2.40. The summed E-state index contributed by atoms with van der Waals surface area (Å²) in [5, 5.41) is 8.35. The molecule has 0 saturated carbocycles. The van der Waals surface area contributed by atoms with E-state index in [1.54, 1.807) is 0 Å². The van der Waals surface area contributed by atoms with E-state index in [1.807, 2.05) is 13.8 Å². The van der Waals surface area contributed by atoms with Gasteiger partial charge in [0.25, 0.3) is 0 Å². The fourth-order valence-electron chi connectivity index (χ4n) is 1.44. The van der Waals surface area contributed by atoms with Crippen molar-refractivity contribution < 1.29 is 14.6 Å². The van der Waals surface area contributed by atoms with Crippen molar-refractivity contribution >= 4 is 5.97 Å². The van der Waals surface area contributed by atoms with Crippen LogP contribution in [0.4, 0.5) is 0 Å². The Kier molecular flexibility index (Phi) is 19.7. The number of carbonyl (C=O) groups is 1. The standard InChI is InChI=1S/C10H20O2.C4H10O/c1-2-3-4-5-6-7-8-9-10(11)12;1-3-5-4-2/h2-9H2,1H3,(H,11,12);3-4H2,1-2H3. The molecule has 0 spiro atoms. The first kappa shape index (κ1) is 18.8. The highest BCUT2D eigenvalue weighted by Gasteiger charge is 1.95. The first-order valence-corrected chi connectivity index (χ1v) is 6.98. The van der Waals surface area contributed by atoms with E-state index in [0.29, 0.717) is 6.42 Å². The van der Waals surface area contributed by atoms with Crippen molar-refractivity contribution in [2.45, 2.75) is 72.1 Å². The number of rotatable bonds is 10. The zero-order chi connectivity index (χ0) is 13.4. The number of hydrogen-bond acceptors (Lipinski definition) is 2. The topological polar surface area (TPSA) is 46.5 Å². The molecule has 0 aliphatic heterocycles. The Hall–Kier alpha value is -0.570. The summed E-state index contributed by atoms with van der Waals surface area (Å²) in [5.41, 5.74) is 0. The molecular weight excluding hydrogens is 216 g/mol. The van der Waals surface area contributed by atoms with Gasteiger partial charge < -0.3 is 9.84 Å². The molecule has 0 aromatic rings. The molecule has 0 fully saturated rings. The lowest BCUT2D eigenvalue weighted by Gasteiger charge is -1.98. The average molecular weight is 246 g/mol. The lowest BCUT2D eigenvalue weighted by molar-refractivity contribution is -0.137. The molecule has 0 rings (SSSR count). The number of unbranched alkanes of at least 4 members (excludes halogenated alkanes) is 6. The summed E-state index contributed by atoms with van der Waals surface area (Å²) < 4.78 is 4.83. The molecule has 0 atom stereocenters. The zero-order valence-electron chi connectivity index (χ0n) is 11.8. The molecule has 17 heavy (non-hydrogen) atoms. The minimum Gasteiger partial charge on any atom is -0.481 e. The number of aliphatic carboxylic acids is 1. The minimum absolute atomic E-state index is 0.341. The second-order valence-electron chi connectivity index (χ2n) is 4.05. The van der Waals surface area contributed by atoms with E-state index in [4.69, 9.17) is 9.84 Å². The molecular formula is C14H30O3. The smallest absolute Gasteiger partial charge is 0.303 e. The number of ether oxygens (including phenoxy) is 1. The summed E-state index contributed by atoms with van der Waals surface area (Å²) in [6, 6.07) is 0. The van der Waals surface area contributed by atoms with Crippen molar-refractivity contribution in [1.29, 1.82) is 0 Å². The summed E-state index contributed by atoms with van der Waals surface area (Å²) in [6.07, 6.45) is 8.64. The lowest BCUT2D eigenvalue weighted by atomic mass is 10.1. The molecule has 0 aliphatic rings. The Morgan fingerprint density at radius 2 is 1.35 bits per heavy atom. The normalized spacial score (nSPS) is 9.59. The van der Waals surface area contributed by atoms with Gasteiger partial charge in [-0.1, -0.05) is 45.4 Å². The highest BCUT2D eigenvalue weighted by atomic mass is 16.5. The van der Waals surface area contributed by atoms with Crippen LogP contribution in [-0.4, -0.2) is 24.3 Å². The van der Waals surface area contributed by atoms with Gasteiger partial charge in [0.15, 0.2) is 0 Å². The van der Waals surface area contributed by atoms with Crippen LogP contribution in [0.3, 0.4) is 0 Å². The Morgan fingerprint density at radius 3 is 1.71 bits per heavy atom. The van der Waals surface area contributed by atoms with Crippen molar-refractivity contribution in [2.75, 3.05) is 13.2 Å². The van der Waals surface area contributed by atoms with Crippen molar-refractivity contribution in [2.24, 2.45) is 0 Å². The van der Waals surface area contributed by atoms with Crippen LogP contribution in [0, 0.1) is 0 Å². The van der Waals surface area contributed by atoms with Crippen LogP contribution >= 0.6 is 0 Å². The lowest BCUT2D eigenvalue weighted by Crippen LogP contribution is -1.93. The molecule has 0 aromatic carbocycles. The Morgan fingerprint density at radius 1 is 0.882 bits per heavy atom. The van der Waals surface area contributed by atoms with Crippen molar-refractivity contribution in [1.82, 2.24) is 0 Å². The first-order chi connectivity index (χ1) is 8.18. The third kappa shape index (κ3) is 25.6. The van der Waals surface area contributed by atoms with Crippen LogP contribution in [0.5, 0.6) is 0 Å². The maximum Gasteiger partial charge on any atom is 0.303 e. The van der Waals surface area contributed by atoms with Gasteiger partial charge in [0, 0.05) is 19.6 Å². The number of hydrogen-bond donors (Lipinski definition) is 1. The predicted octanol–water partition coefficient (Wildman–Crippen LogP) is 4.25.